The molecule has 0 aromatic heterocycles. The summed E-state index contributed by atoms with van der Waals surface area (Å²) in [6.07, 6.45) is 2.96. The maximum atomic E-state index is 14.0. The molecule has 17 heteroatoms. The van der Waals surface area contributed by atoms with Gasteiger partial charge in [0.2, 0.25) is 35.4 Å². The standard InChI is InChI=1S/C44H74N8O7.2ClH/c1-25(2)27(5)47-40(56)34(49-42(58)36(26(3)4)51-38(54)28(6)45-11)22-16-19-31(53)23-24-35(41(57)48-33-21-15-18-30-17-13-14-20-32(30)33)50-43(59)37(44(8,9)10)52-39(55)29(7)46-12;;/h13-14,17,20,25-29,33-37,45-46H,15-16,18-19,21-24H2,1-12H3,(H,47,56)(H,48,57)(H,49,58)(H,50,59)(H,51,54)(H,52,55);2*1H/t27-,28+,29+,33-,34+,35+,36+,37-;;/m1../s1. The highest BCUT2D eigenvalue weighted by atomic mass is 35.5. The van der Waals surface area contributed by atoms with Gasteiger partial charge in [-0.25, -0.2) is 0 Å². The molecule has 6 amide bonds. The highest BCUT2D eigenvalue weighted by Crippen LogP contribution is 2.29. The quantitative estimate of drug-likeness (QED) is 0.0806. The second-order valence-corrected chi connectivity index (χ2v) is 17.8. The topological polar surface area (TPSA) is 216 Å². The molecule has 15 nitrogen and oxygen atoms in total. The van der Waals surface area contributed by atoms with Gasteiger partial charge in [0.15, 0.2) is 0 Å². The molecular weight excluding hydrogens is 823 g/mol. The van der Waals surface area contributed by atoms with E-state index in [-0.39, 0.29) is 98.4 Å². The average Bonchev–Trinajstić information content (AvgIpc) is 3.18. The number of Topliss-reactive ketones (excluding diaryl/α,β-unsaturated/α-hetero) is 1. The van der Waals surface area contributed by atoms with E-state index < -0.39 is 65.3 Å². The summed E-state index contributed by atoms with van der Waals surface area (Å²) in [5.74, 6) is -2.90. The molecule has 0 aliphatic heterocycles. The molecule has 1 aliphatic carbocycles. The Balaban J connectivity index is 0.0000180. The van der Waals surface area contributed by atoms with Crippen LogP contribution in [0.3, 0.4) is 0 Å². The van der Waals surface area contributed by atoms with Gasteiger partial charge in [-0.1, -0.05) is 72.7 Å². The molecule has 61 heavy (non-hydrogen) atoms. The zero-order chi connectivity index (χ0) is 44.6. The Morgan fingerprint density at radius 3 is 1.75 bits per heavy atom. The summed E-state index contributed by atoms with van der Waals surface area (Å²) in [6.45, 7) is 18.2. The fraction of sp³-hybridized carbons (Fsp3) is 0.705. The highest BCUT2D eigenvalue weighted by Gasteiger charge is 2.37. The molecule has 0 heterocycles. The lowest BCUT2D eigenvalue weighted by Crippen LogP contribution is -2.59. The SMILES string of the molecule is CN[C@@H](C)C(=O)N[C@H](C(=O)N[C@@H](CCCC(=O)CC[C@H](NC(=O)[C@@H](NC(=O)[C@H](C)NC)C(C)(C)C)C(=O)N[C@@H]1CCCc2ccccc21)C(=O)N[C@H](C)C(C)C)C(C)C.Cl.Cl. The van der Waals surface area contributed by atoms with Crippen LogP contribution in [0.4, 0.5) is 0 Å². The van der Waals surface area contributed by atoms with Gasteiger partial charge in [0.05, 0.1) is 18.1 Å². The number of hydrogen-bond donors (Lipinski definition) is 8. The predicted octanol–water partition coefficient (Wildman–Crippen LogP) is 3.56. The van der Waals surface area contributed by atoms with Gasteiger partial charge < -0.3 is 42.5 Å². The van der Waals surface area contributed by atoms with E-state index in [4.69, 9.17) is 0 Å². The first kappa shape index (κ1) is 57.2. The molecule has 8 N–H and O–H groups in total. The third kappa shape index (κ3) is 18.6. The molecule has 8 atom stereocenters. The van der Waals surface area contributed by atoms with E-state index in [1.54, 1.807) is 41.8 Å². The molecule has 1 aromatic carbocycles. The van der Waals surface area contributed by atoms with Gasteiger partial charge in [-0.2, -0.15) is 0 Å². The molecule has 348 valence electrons. The van der Waals surface area contributed by atoms with E-state index in [9.17, 15) is 33.6 Å². The van der Waals surface area contributed by atoms with Gasteiger partial charge in [0.25, 0.3) is 0 Å². The minimum atomic E-state index is -1.08. The minimum absolute atomic E-state index is 0. The van der Waals surface area contributed by atoms with Crippen molar-refractivity contribution in [3.05, 3.63) is 35.4 Å². The largest absolute Gasteiger partial charge is 0.352 e. The minimum Gasteiger partial charge on any atom is -0.352 e. The Morgan fingerprint density at radius 2 is 1.20 bits per heavy atom. The Bertz CT molecular complexity index is 1610. The van der Waals surface area contributed by atoms with Gasteiger partial charge >= 0.3 is 0 Å². The first-order valence-electron chi connectivity index (χ1n) is 21.4. The van der Waals surface area contributed by atoms with Crippen LogP contribution in [0.5, 0.6) is 0 Å². The zero-order valence-corrected chi connectivity index (χ0v) is 40.0. The Morgan fingerprint density at radius 1 is 0.639 bits per heavy atom. The molecule has 0 unspecified atom stereocenters. The second kappa shape index (κ2) is 27.3. The zero-order valence-electron chi connectivity index (χ0n) is 38.4. The number of ketones is 1. The van der Waals surface area contributed by atoms with E-state index in [1.165, 1.54) is 0 Å². The van der Waals surface area contributed by atoms with Crippen molar-refractivity contribution in [2.45, 2.75) is 169 Å². The average molecular weight is 900 g/mol. The monoisotopic (exact) mass is 899 g/mol. The van der Waals surface area contributed by atoms with Crippen molar-refractivity contribution in [2.24, 2.45) is 17.3 Å². The second-order valence-electron chi connectivity index (χ2n) is 17.8. The summed E-state index contributed by atoms with van der Waals surface area (Å²) in [5, 5.41) is 23.1. The van der Waals surface area contributed by atoms with Gasteiger partial charge in [0.1, 0.15) is 30.0 Å². The van der Waals surface area contributed by atoms with Crippen LogP contribution in [0.15, 0.2) is 24.3 Å². The summed E-state index contributed by atoms with van der Waals surface area (Å²) < 4.78 is 0. The number of aryl methyl sites for hydroxylation is 1. The van der Waals surface area contributed by atoms with E-state index in [1.807, 2.05) is 65.8 Å². The number of amides is 6. The third-order valence-corrected chi connectivity index (χ3v) is 11.3. The molecule has 0 radical (unpaired) electrons. The lowest BCUT2D eigenvalue weighted by Gasteiger charge is -2.33. The number of carbonyl (C=O) groups is 7. The molecular formula is C44H76Cl2N8O7. The van der Waals surface area contributed by atoms with Crippen LogP contribution in [-0.2, 0) is 40.0 Å². The Labute approximate surface area is 376 Å². The first-order chi connectivity index (χ1) is 27.6. The van der Waals surface area contributed by atoms with Crippen LogP contribution in [0, 0.1) is 17.3 Å². The Hall–Kier alpha value is -3.79. The van der Waals surface area contributed by atoms with Crippen LogP contribution in [-0.4, -0.2) is 97.6 Å². The molecule has 0 spiro atoms. The van der Waals surface area contributed by atoms with Crippen molar-refractivity contribution < 1.29 is 33.6 Å². The molecule has 0 saturated heterocycles. The van der Waals surface area contributed by atoms with Gasteiger partial charge in [-0.15, -0.1) is 24.8 Å². The molecule has 1 aromatic rings. The van der Waals surface area contributed by atoms with Crippen molar-refractivity contribution in [3.63, 3.8) is 0 Å². The Kier molecular flexibility index (Phi) is 25.6. The number of halogens is 2. The first-order valence-corrected chi connectivity index (χ1v) is 21.4. The van der Waals surface area contributed by atoms with E-state index in [2.05, 4.69) is 42.5 Å². The van der Waals surface area contributed by atoms with Crippen molar-refractivity contribution >= 4 is 66.0 Å². The van der Waals surface area contributed by atoms with Crippen molar-refractivity contribution in [3.8, 4) is 0 Å². The van der Waals surface area contributed by atoms with Crippen LogP contribution >= 0.6 is 24.8 Å². The lowest BCUT2D eigenvalue weighted by molar-refractivity contribution is -0.135. The summed E-state index contributed by atoms with van der Waals surface area (Å²) in [4.78, 5) is 93.9. The van der Waals surface area contributed by atoms with Crippen molar-refractivity contribution in [2.75, 3.05) is 14.1 Å². The van der Waals surface area contributed by atoms with E-state index in [0.717, 1.165) is 30.4 Å². The number of nitrogens with one attached hydrogen (secondary N) is 8. The number of fused-ring (bicyclic) bond motifs is 1. The normalized spacial score (nSPS) is 17.0. The number of benzene rings is 1. The summed E-state index contributed by atoms with van der Waals surface area (Å²) in [7, 11) is 3.29. The highest BCUT2D eigenvalue weighted by molar-refractivity contribution is 5.95. The molecule has 0 fully saturated rings. The smallest absolute Gasteiger partial charge is 0.243 e. The molecule has 0 saturated carbocycles. The fourth-order valence-corrected chi connectivity index (χ4v) is 6.67. The van der Waals surface area contributed by atoms with Crippen molar-refractivity contribution in [1.29, 1.82) is 0 Å². The van der Waals surface area contributed by atoms with Crippen LogP contribution in [0.2, 0.25) is 0 Å². The maximum absolute atomic E-state index is 14.0. The van der Waals surface area contributed by atoms with Gasteiger partial charge in [-0.05, 0) is 102 Å². The molecule has 0 bridgehead atoms. The number of rotatable bonds is 23. The predicted molar refractivity (Wildman–Crippen MR) is 244 cm³/mol. The third-order valence-electron chi connectivity index (χ3n) is 11.3. The summed E-state index contributed by atoms with van der Waals surface area (Å²) in [6, 6.07) is 2.50. The number of carbonyl (C=O) groups excluding carboxylic acids is 7. The summed E-state index contributed by atoms with van der Waals surface area (Å²) >= 11 is 0. The van der Waals surface area contributed by atoms with Crippen LogP contribution in [0.1, 0.15) is 131 Å². The number of likely N-dealkylation sites (N-methyl/N-ethyl adjacent to an activating group) is 2. The van der Waals surface area contributed by atoms with Gasteiger partial charge in [0, 0.05) is 18.9 Å². The molecule has 1 aliphatic rings. The summed E-state index contributed by atoms with van der Waals surface area (Å²) in [5.41, 5.74) is 1.48. The van der Waals surface area contributed by atoms with Crippen LogP contribution in [0.25, 0.3) is 0 Å². The maximum Gasteiger partial charge on any atom is 0.243 e. The van der Waals surface area contributed by atoms with E-state index >= 15 is 0 Å². The van der Waals surface area contributed by atoms with Crippen LogP contribution < -0.4 is 42.5 Å². The lowest BCUT2D eigenvalue weighted by atomic mass is 9.85. The van der Waals surface area contributed by atoms with E-state index in [0.29, 0.717) is 0 Å². The fourth-order valence-electron chi connectivity index (χ4n) is 6.67. The molecule has 2 rings (SSSR count). The number of hydrogen-bond acceptors (Lipinski definition) is 9. The van der Waals surface area contributed by atoms with Gasteiger partial charge in [-0.3, -0.25) is 33.6 Å². The van der Waals surface area contributed by atoms with Crippen molar-refractivity contribution in [1.82, 2.24) is 42.5 Å².